The maximum absolute atomic E-state index is 12.5. The van der Waals surface area contributed by atoms with Crippen molar-refractivity contribution in [3.05, 3.63) is 65.2 Å². The zero-order valence-electron chi connectivity index (χ0n) is 14.3. The van der Waals surface area contributed by atoms with E-state index in [0.29, 0.717) is 6.54 Å². The highest BCUT2D eigenvalue weighted by Gasteiger charge is 2.24. The van der Waals surface area contributed by atoms with Gasteiger partial charge in [0.25, 0.3) is 0 Å². The predicted octanol–water partition coefficient (Wildman–Crippen LogP) is 2.76. The van der Waals surface area contributed by atoms with E-state index in [1.54, 1.807) is 7.11 Å². The molecule has 1 amide bonds. The Labute approximate surface area is 143 Å². The molecular formula is C20H24N2O2. The van der Waals surface area contributed by atoms with Crippen molar-refractivity contribution in [1.29, 1.82) is 0 Å². The van der Waals surface area contributed by atoms with E-state index in [0.717, 1.165) is 30.8 Å². The van der Waals surface area contributed by atoms with E-state index in [-0.39, 0.29) is 11.9 Å². The molecule has 24 heavy (non-hydrogen) atoms. The van der Waals surface area contributed by atoms with Crippen LogP contribution in [0.1, 0.15) is 23.6 Å². The van der Waals surface area contributed by atoms with Gasteiger partial charge in [0.15, 0.2) is 0 Å². The maximum atomic E-state index is 12.5. The summed E-state index contributed by atoms with van der Waals surface area (Å²) >= 11 is 0. The zero-order valence-corrected chi connectivity index (χ0v) is 14.3. The Morgan fingerprint density at radius 3 is 2.79 bits per heavy atom. The molecule has 1 N–H and O–H groups in total. The van der Waals surface area contributed by atoms with E-state index in [4.69, 9.17) is 4.74 Å². The smallest absolute Gasteiger partial charge is 0.237 e. The van der Waals surface area contributed by atoms with E-state index < -0.39 is 0 Å². The molecule has 2 aromatic rings. The number of carbonyl (C=O) groups excluding carboxylic acids is 1. The van der Waals surface area contributed by atoms with E-state index >= 15 is 0 Å². The molecule has 0 aromatic heterocycles. The lowest BCUT2D eigenvalue weighted by molar-refractivity contribution is -0.126. The second kappa shape index (κ2) is 7.49. The number of nitrogens with zero attached hydrogens (tertiary/aromatic N) is 1. The highest BCUT2D eigenvalue weighted by atomic mass is 16.5. The van der Waals surface area contributed by atoms with Gasteiger partial charge in [0.2, 0.25) is 5.91 Å². The maximum Gasteiger partial charge on any atom is 0.237 e. The minimum absolute atomic E-state index is 0.0669. The monoisotopic (exact) mass is 324 g/mol. The summed E-state index contributed by atoms with van der Waals surface area (Å²) in [6.07, 6.45) is 1.00. The van der Waals surface area contributed by atoms with Crippen LogP contribution in [-0.4, -0.2) is 30.5 Å². The van der Waals surface area contributed by atoms with Gasteiger partial charge in [0, 0.05) is 19.6 Å². The fourth-order valence-electron chi connectivity index (χ4n) is 3.13. The molecule has 1 aliphatic rings. The van der Waals surface area contributed by atoms with Crippen LogP contribution in [0.15, 0.2) is 48.5 Å². The number of methoxy groups -OCH3 is 1. The molecule has 0 saturated carbocycles. The molecule has 0 aliphatic carbocycles. The normalized spacial score (nSPS) is 15.4. The third kappa shape index (κ3) is 3.77. The average Bonchev–Trinajstić information content (AvgIpc) is 2.65. The van der Waals surface area contributed by atoms with Crippen LogP contribution >= 0.6 is 0 Å². The number of ether oxygens (including phenoxy) is 1. The van der Waals surface area contributed by atoms with Crippen LogP contribution in [0.25, 0.3) is 0 Å². The Bertz CT molecular complexity index is 714. The number of nitrogens with one attached hydrogen (secondary N) is 1. The molecule has 1 aliphatic heterocycles. The lowest BCUT2D eigenvalue weighted by Crippen LogP contribution is -2.46. The van der Waals surface area contributed by atoms with E-state index in [9.17, 15) is 4.79 Å². The van der Waals surface area contributed by atoms with Crippen molar-refractivity contribution in [3.63, 3.8) is 0 Å². The Morgan fingerprint density at radius 2 is 2.00 bits per heavy atom. The summed E-state index contributed by atoms with van der Waals surface area (Å²) in [5.74, 6) is 0.875. The van der Waals surface area contributed by atoms with Crippen molar-refractivity contribution in [2.24, 2.45) is 0 Å². The van der Waals surface area contributed by atoms with Crippen molar-refractivity contribution in [3.8, 4) is 5.75 Å². The number of amides is 1. The lowest BCUT2D eigenvalue weighted by Gasteiger charge is -2.32. The molecule has 0 spiro atoms. The van der Waals surface area contributed by atoms with E-state index in [2.05, 4.69) is 34.5 Å². The third-order valence-corrected chi connectivity index (χ3v) is 4.69. The molecular weight excluding hydrogens is 300 g/mol. The second-order valence-electron chi connectivity index (χ2n) is 6.23. The van der Waals surface area contributed by atoms with Crippen molar-refractivity contribution < 1.29 is 9.53 Å². The van der Waals surface area contributed by atoms with Gasteiger partial charge in [-0.2, -0.15) is 0 Å². The highest BCUT2D eigenvalue weighted by Crippen LogP contribution is 2.20. The van der Waals surface area contributed by atoms with Gasteiger partial charge >= 0.3 is 0 Å². The van der Waals surface area contributed by atoms with Crippen molar-refractivity contribution in [1.82, 2.24) is 10.2 Å². The van der Waals surface area contributed by atoms with Gasteiger partial charge < -0.3 is 10.1 Å². The molecule has 126 valence electrons. The van der Waals surface area contributed by atoms with Gasteiger partial charge in [0.05, 0.1) is 13.2 Å². The summed E-state index contributed by atoms with van der Waals surface area (Å²) in [5.41, 5.74) is 3.77. The molecule has 1 atom stereocenters. The Kier molecular flexibility index (Phi) is 5.16. The zero-order chi connectivity index (χ0) is 16.9. The molecule has 1 heterocycles. The number of fused-ring (bicyclic) bond motifs is 1. The van der Waals surface area contributed by atoms with Crippen LogP contribution < -0.4 is 10.1 Å². The summed E-state index contributed by atoms with van der Waals surface area (Å²) < 4.78 is 5.22. The first-order valence-corrected chi connectivity index (χ1v) is 8.39. The van der Waals surface area contributed by atoms with Crippen molar-refractivity contribution in [2.45, 2.75) is 32.5 Å². The summed E-state index contributed by atoms with van der Waals surface area (Å²) in [4.78, 5) is 14.7. The number of hydrogen-bond donors (Lipinski definition) is 1. The molecule has 0 radical (unpaired) electrons. The molecule has 0 bridgehead atoms. The molecule has 3 rings (SSSR count). The van der Waals surface area contributed by atoms with Gasteiger partial charge in [-0.25, -0.2) is 0 Å². The minimum atomic E-state index is -0.135. The first-order chi connectivity index (χ1) is 11.7. The summed E-state index contributed by atoms with van der Waals surface area (Å²) in [6, 6.07) is 16.1. The molecule has 0 unspecified atom stereocenters. The van der Waals surface area contributed by atoms with Gasteiger partial charge in [-0.05, 0) is 42.2 Å². The van der Waals surface area contributed by atoms with Gasteiger partial charge in [-0.1, -0.05) is 36.4 Å². The van der Waals surface area contributed by atoms with Crippen LogP contribution in [0, 0.1) is 0 Å². The second-order valence-corrected chi connectivity index (χ2v) is 6.23. The van der Waals surface area contributed by atoms with Crippen LogP contribution in [0.2, 0.25) is 0 Å². The quantitative estimate of drug-likeness (QED) is 0.919. The van der Waals surface area contributed by atoms with E-state index in [1.165, 1.54) is 11.1 Å². The first kappa shape index (κ1) is 16.5. The van der Waals surface area contributed by atoms with Gasteiger partial charge in [-0.3, -0.25) is 9.69 Å². The molecule has 4 nitrogen and oxygen atoms in total. The van der Waals surface area contributed by atoms with Crippen LogP contribution in [0.4, 0.5) is 0 Å². The average molecular weight is 324 g/mol. The highest BCUT2D eigenvalue weighted by molar-refractivity contribution is 5.81. The Hall–Kier alpha value is -2.33. The van der Waals surface area contributed by atoms with Crippen LogP contribution in [0.3, 0.4) is 0 Å². The minimum Gasteiger partial charge on any atom is -0.497 e. The summed E-state index contributed by atoms with van der Waals surface area (Å²) in [5, 5.41) is 3.04. The molecule has 0 fully saturated rings. The van der Waals surface area contributed by atoms with Crippen LogP contribution in [0.5, 0.6) is 5.75 Å². The number of carbonyl (C=O) groups is 1. The van der Waals surface area contributed by atoms with Crippen molar-refractivity contribution >= 4 is 5.91 Å². The lowest BCUT2D eigenvalue weighted by atomic mass is 9.99. The Morgan fingerprint density at radius 1 is 1.21 bits per heavy atom. The molecule has 4 heteroatoms. The van der Waals surface area contributed by atoms with E-state index in [1.807, 2.05) is 31.2 Å². The first-order valence-electron chi connectivity index (χ1n) is 8.39. The Balaban J connectivity index is 1.57. The third-order valence-electron chi connectivity index (χ3n) is 4.69. The van der Waals surface area contributed by atoms with Crippen LogP contribution in [-0.2, 0) is 24.3 Å². The van der Waals surface area contributed by atoms with Crippen molar-refractivity contribution in [2.75, 3.05) is 13.7 Å². The molecule has 2 aromatic carbocycles. The van der Waals surface area contributed by atoms with Gasteiger partial charge in [0.1, 0.15) is 5.75 Å². The fraction of sp³-hybridized carbons (Fsp3) is 0.350. The standard InChI is InChI=1S/C20H24N2O2/c1-15(22-11-10-17-7-3-4-8-18(17)14-22)20(23)21-13-16-6-5-9-19(12-16)24-2/h3-9,12,15H,10-11,13-14H2,1-2H3,(H,21,23)/t15-/m0/s1. The topological polar surface area (TPSA) is 41.6 Å². The number of benzene rings is 2. The fourth-order valence-corrected chi connectivity index (χ4v) is 3.13. The number of rotatable bonds is 5. The summed E-state index contributed by atoms with van der Waals surface area (Å²) in [6.45, 7) is 4.26. The SMILES string of the molecule is COc1cccc(CNC(=O)[C@H](C)N2CCc3ccccc3C2)c1. The predicted molar refractivity (Wildman–Crippen MR) is 94.9 cm³/mol. The van der Waals surface area contributed by atoms with Gasteiger partial charge in [-0.15, -0.1) is 0 Å². The molecule has 0 saturated heterocycles. The largest absolute Gasteiger partial charge is 0.497 e. The summed E-state index contributed by atoms with van der Waals surface area (Å²) in [7, 11) is 1.65. The number of hydrogen-bond acceptors (Lipinski definition) is 3.